The molecule has 0 aromatic heterocycles. The second kappa shape index (κ2) is 6.33. The SMILES string of the molecule is CCC(C)c1ccc(Oc2c(F)cccc2C=O)cc1. The van der Waals surface area contributed by atoms with E-state index < -0.39 is 5.82 Å². The fraction of sp³-hybridized carbons (Fsp3) is 0.235. The van der Waals surface area contributed by atoms with Crippen LogP contribution in [0.5, 0.6) is 11.5 Å². The van der Waals surface area contributed by atoms with Crippen molar-refractivity contribution in [2.45, 2.75) is 26.2 Å². The van der Waals surface area contributed by atoms with Crippen molar-refractivity contribution in [1.29, 1.82) is 0 Å². The number of carbonyl (C=O) groups excluding carboxylic acids is 1. The third-order valence-electron chi connectivity index (χ3n) is 3.41. The average Bonchev–Trinajstić information content (AvgIpc) is 2.49. The van der Waals surface area contributed by atoms with Crippen LogP contribution in [0.15, 0.2) is 42.5 Å². The molecule has 0 bridgehead atoms. The summed E-state index contributed by atoms with van der Waals surface area (Å²) in [6.07, 6.45) is 1.65. The molecule has 0 aliphatic heterocycles. The first kappa shape index (κ1) is 14.3. The molecule has 3 heteroatoms. The molecule has 2 nitrogen and oxygen atoms in total. The largest absolute Gasteiger partial charge is 0.454 e. The van der Waals surface area contributed by atoms with Crippen LogP contribution in [0.4, 0.5) is 4.39 Å². The van der Waals surface area contributed by atoms with Crippen LogP contribution in [0.25, 0.3) is 0 Å². The summed E-state index contributed by atoms with van der Waals surface area (Å²) in [6, 6.07) is 11.8. The predicted molar refractivity (Wildman–Crippen MR) is 77.0 cm³/mol. The highest BCUT2D eigenvalue weighted by Crippen LogP contribution is 2.29. The first-order valence-corrected chi connectivity index (χ1v) is 6.67. The van der Waals surface area contributed by atoms with Crippen LogP contribution in [0.3, 0.4) is 0 Å². The molecule has 1 unspecified atom stereocenters. The number of carbonyl (C=O) groups is 1. The first-order chi connectivity index (χ1) is 9.65. The first-order valence-electron chi connectivity index (χ1n) is 6.67. The molecule has 2 aromatic rings. The maximum atomic E-state index is 13.7. The third kappa shape index (κ3) is 3.05. The summed E-state index contributed by atoms with van der Waals surface area (Å²) in [4.78, 5) is 10.9. The van der Waals surface area contributed by atoms with Crippen LogP contribution in [0, 0.1) is 5.82 Å². The summed E-state index contributed by atoms with van der Waals surface area (Å²) in [7, 11) is 0. The molecule has 0 spiro atoms. The van der Waals surface area contributed by atoms with E-state index in [-0.39, 0.29) is 11.3 Å². The van der Waals surface area contributed by atoms with E-state index in [0.29, 0.717) is 18.0 Å². The Morgan fingerprint density at radius 1 is 1.20 bits per heavy atom. The van der Waals surface area contributed by atoms with E-state index in [1.54, 1.807) is 12.1 Å². The van der Waals surface area contributed by atoms with Crippen molar-refractivity contribution in [2.24, 2.45) is 0 Å². The predicted octanol–water partition coefficient (Wildman–Crippen LogP) is 4.94. The van der Waals surface area contributed by atoms with Gasteiger partial charge in [-0.2, -0.15) is 0 Å². The molecule has 0 radical (unpaired) electrons. The monoisotopic (exact) mass is 272 g/mol. The van der Waals surface area contributed by atoms with Gasteiger partial charge >= 0.3 is 0 Å². The minimum absolute atomic E-state index is 0.0289. The number of para-hydroxylation sites is 1. The number of benzene rings is 2. The maximum Gasteiger partial charge on any atom is 0.173 e. The molecule has 20 heavy (non-hydrogen) atoms. The quantitative estimate of drug-likeness (QED) is 0.720. The lowest BCUT2D eigenvalue weighted by atomic mass is 9.99. The van der Waals surface area contributed by atoms with E-state index in [9.17, 15) is 9.18 Å². The van der Waals surface area contributed by atoms with Gasteiger partial charge in [-0.05, 0) is 42.2 Å². The van der Waals surface area contributed by atoms with Crippen LogP contribution in [-0.2, 0) is 0 Å². The van der Waals surface area contributed by atoms with Crippen LogP contribution in [-0.4, -0.2) is 6.29 Å². The van der Waals surface area contributed by atoms with Crippen LogP contribution in [0.2, 0.25) is 0 Å². The summed E-state index contributed by atoms with van der Waals surface area (Å²) in [5, 5.41) is 0. The van der Waals surface area contributed by atoms with E-state index in [1.807, 2.05) is 12.1 Å². The Bertz CT molecular complexity index is 590. The summed E-state index contributed by atoms with van der Waals surface area (Å²) in [6.45, 7) is 4.28. The summed E-state index contributed by atoms with van der Waals surface area (Å²) < 4.78 is 19.2. The van der Waals surface area contributed by atoms with Crippen molar-refractivity contribution < 1.29 is 13.9 Å². The molecule has 0 amide bonds. The lowest BCUT2D eigenvalue weighted by molar-refractivity contribution is 0.112. The molecule has 0 saturated heterocycles. The van der Waals surface area contributed by atoms with Crippen LogP contribution >= 0.6 is 0 Å². The normalized spacial score (nSPS) is 11.9. The number of hydrogen-bond donors (Lipinski definition) is 0. The van der Waals surface area contributed by atoms with Crippen molar-refractivity contribution in [2.75, 3.05) is 0 Å². The number of rotatable bonds is 5. The highest BCUT2D eigenvalue weighted by Gasteiger charge is 2.10. The smallest absolute Gasteiger partial charge is 0.173 e. The van der Waals surface area contributed by atoms with Gasteiger partial charge in [-0.15, -0.1) is 0 Å². The summed E-state index contributed by atoms with van der Waals surface area (Å²) >= 11 is 0. The van der Waals surface area contributed by atoms with E-state index in [2.05, 4.69) is 13.8 Å². The number of ether oxygens (including phenoxy) is 1. The molecule has 2 aromatic carbocycles. The summed E-state index contributed by atoms with van der Waals surface area (Å²) in [5.74, 6) is 0.424. The molecule has 0 fully saturated rings. The molecule has 0 aliphatic rings. The molecule has 0 aliphatic carbocycles. The van der Waals surface area contributed by atoms with Gasteiger partial charge in [0.15, 0.2) is 17.9 Å². The molecular formula is C17H17FO2. The minimum atomic E-state index is -0.541. The summed E-state index contributed by atoms with van der Waals surface area (Å²) in [5.41, 5.74) is 1.42. The van der Waals surface area contributed by atoms with Crippen molar-refractivity contribution >= 4 is 6.29 Å². The minimum Gasteiger partial charge on any atom is -0.454 e. The second-order valence-corrected chi connectivity index (χ2v) is 4.76. The van der Waals surface area contributed by atoms with Gasteiger partial charge in [-0.3, -0.25) is 4.79 Å². The second-order valence-electron chi connectivity index (χ2n) is 4.76. The number of halogens is 1. The Labute approximate surface area is 118 Å². The Kier molecular flexibility index (Phi) is 4.51. The van der Waals surface area contributed by atoms with E-state index >= 15 is 0 Å². The zero-order chi connectivity index (χ0) is 14.5. The molecule has 0 heterocycles. The standard InChI is InChI=1S/C17H17FO2/c1-3-12(2)13-7-9-15(10-8-13)20-17-14(11-19)5-4-6-16(17)18/h4-12H,3H2,1-2H3. The fourth-order valence-electron chi connectivity index (χ4n) is 1.94. The molecule has 1 atom stereocenters. The zero-order valence-electron chi connectivity index (χ0n) is 11.6. The van der Waals surface area contributed by atoms with Crippen molar-refractivity contribution in [1.82, 2.24) is 0 Å². The Hall–Kier alpha value is -2.16. The molecular weight excluding hydrogens is 255 g/mol. The Balaban J connectivity index is 2.25. The third-order valence-corrected chi connectivity index (χ3v) is 3.41. The van der Waals surface area contributed by atoms with Crippen LogP contribution < -0.4 is 4.74 Å². The topological polar surface area (TPSA) is 26.3 Å². The highest BCUT2D eigenvalue weighted by atomic mass is 19.1. The molecule has 0 saturated carbocycles. The number of aldehydes is 1. The van der Waals surface area contributed by atoms with Gasteiger partial charge in [0.25, 0.3) is 0 Å². The van der Waals surface area contributed by atoms with Crippen molar-refractivity contribution in [3.05, 3.63) is 59.4 Å². The zero-order valence-corrected chi connectivity index (χ0v) is 11.6. The van der Waals surface area contributed by atoms with Gasteiger partial charge in [-0.25, -0.2) is 4.39 Å². The van der Waals surface area contributed by atoms with Gasteiger partial charge in [0, 0.05) is 0 Å². The highest BCUT2D eigenvalue weighted by molar-refractivity contribution is 5.79. The average molecular weight is 272 g/mol. The van der Waals surface area contributed by atoms with E-state index in [1.165, 1.54) is 23.8 Å². The number of hydrogen-bond acceptors (Lipinski definition) is 2. The van der Waals surface area contributed by atoms with Crippen LogP contribution in [0.1, 0.15) is 42.1 Å². The Morgan fingerprint density at radius 3 is 2.50 bits per heavy atom. The maximum absolute atomic E-state index is 13.7. The van der Waals surface area contributed by atoms with Crippen molar-refractivity contribution in [3.8, 4) is 11.5 Å². The lowest BCUT2D eigenvalue weighted by Gasteiger charge is -2.12. The van der Waals surface area contributed by atoms with Gasteiger partial charge in [0.2, 0.25) is 0 Å². The van der Waals surface area contributed by atoms with Gasteiger partial charge in [-0.1, -0.05) is 32.0 Å². The molecule has 104 valence electrons. The lowest BCUT2D eigenvalue weighted by Crippen LogP contribution is -1.95. The van der Waals surface area contributed by atoms with E-state index in [0.717, 1.165) is 6.42 Å². The molecule has 0 N–H and O–H groups in total. The fourth-order valence-corrected chi connectivity index (χ4v) is 1.94. The van der Waals surface area contributed by atoms with Crippen molar-refractivity contribution in [3.63, 3.8) is 0 Å². The van der Waals surface area contributed by atoms with Gasteiger partial charge < -0.3 is 4.74 Å². The molecule has 2 rings (SSSR count). The van der Waals surface area contributed by atoms with Gasteiger partial charge in [0.05, 0.1) is 5.56 Å². The van der Waals surface area contributed by atoms with Gasteiger partial charge in [0.1, 0.15) is 5.75 Å². The Morgan fingerprint density at radius 2 is 1.90 bits per heavy atom. The van der Waals surface area contributed by atoms with E-state index in [4.69, 9.17) is 4.74 Å².